The molecule has 0 aromatic carbocycles. The van der Waals surface area contributed by atoms with E-state index >= 15 is 0 Å². The van der Waals surface area contributed by atoms with Crippen molar-refractivity contribution in [1.29, 1.82) is 0 Å². The van der Waals surface area contributed by atoms with Crippen LogP contribution in [0.1, 0.15) is 420 Å². The van der Waals surface area contributed by atoms with Gasteiger partial charge in [0.1, 0.15) is 19.3 Å². The van der Waals surface area contributed by atoms with Gasteiger partial charge in [-0.25, -0.2) is 9.13 Å². The van der Waals surface area contributed by atoms with Gasteiger partial charge >= 0.3 is 39.5 Å². The van der Waals surface area contributed by atoms with Crippen LogP contribution in [0.25, 0.3) is 0 Å². The first kappa shape index (κ1) is 97.1. The van der Waals surface area contributed by atoms with E-state index in [1.165, 1.54) is 231 Å². The Morgan fingerprint density at radius 3 is 0.687 bits per heavy atom. The molecule has 0 rings (SSSR count). The molecule has 0 saturated heterocycles. The number of hydrogen-bond donors (Lipinski definition) is 3. The van der Waals surface area contributed by atoms with Crippen LogP contribution in [0, 0.1) is 11.8 Å². The predicted molar refractivity (Wildman–Crippen MR) is 405 cm³/mol. The van der Waals surface area contributed by atoms with Crippen molar-refractivity contribution < 1.29 is 80.2 Å². The maximum atomic E-state index is 13.1. The number of carbonyl (C=O) groups excluding carboxylic acids is 4. The van der Waals surface area contributed by atoms with Gasteiger partial charge in [0.25, 0.3) is 0 Å². The van der Waals surface area contributed by atoms with Crippen molar-refractivity contribution in [2.45, 2.75) is 439 Å². The van der Waals surface area contributed by atoms with Gasteiger partial charge in [0.05, 0.1) is 26.4 Å². The van der Waals surface area contributed by atoms with E-state index in [-0.39, 0.29) is 25.7 Å². The molecule has 5 atom stereocenters. The van der Waals surface area contributed by atoms with Crippen LogP contribution < -0.4 is 0 Å². The zero-order chi connectivity index (χ0) is 72.8. The zero-order valence-corrected chi connectivity index (χ0v) is 66.6. The van der Waals surface area contributed by atoms with Crippen molar-refractivity contribution in [1.82, 2.24) is 0 Å². The summed E-state index contributed by atoms with van der Waals surface area (Å²) in [5, 5.41) is 10.6. The Balaban J connectivity index is 5.11. The Kier molecular flexibility index (Phi) is 70.3. The molecule has 588 valence electrons. The van der Waals surface area contributed by atoms with E-state index in [1.54, 1.807) is 0 Å². The topological polar surface area (TPSA) is 237 Å². The number of esters is 4. The highest BCUT2D eigenvalue weighted by atomic mass is 31.2. The molecule has 0 aromatic heterocycles. The molecular formula is C80H156O17P2. The molecule has 0 amide bonds. The van der Waals surface area contributed by atoms with Crippen molar-refractivity contribution >= 4 is 39.5 Å². The van der Waals surface area contributed by atoms with Crippen LogP contribution in [0.3, 0.4) is 0 Å². The molecule has 17 nitrogen and oxygen atoms in total. The number of rotatable bonds is 79. The summed E-state index contributed by atoms with van der Waals surface area (Å²) in [4.78, 5) is 72.6. The molecule has 0 aliphatic rings. The number of phosphoric acid groups is 2. The molecule has 0 fully saturated rings. The Hall–Kier alpha value is -1.94. The van der Waals surface area contributed by atoms with Gasteiger partial charge in [-0.3, -0.25) is 37.3 Å². The van der Waals surface area contributed by atoms with Crippen molar-refractivity contribution in [2.24, 2.45) is 11.8 Å². The average molecular weight is 1450 g/mol. The molecule has 3 N–H and O–H groups in total. The quantitative estimate of drug-likeness (QED) is 0.0222. The van der Waals surface area contributed by atoms with E-state index in [1.807, 2.05) is 0 Å². The van der Waals surface area contributed by atoms with E-state index in [2.05, 4.69) is 41.5 Å². The number of aliphatic hydroxyl groups is 1. The largest absolute Gasteiger partial charge is 0.472 e. The minimum absolute atomic E-state index is 0.105. The highest BCUT2D eigenvalue weighted by Crippen LogP contribution is 2.45. The molecule has 2 unspecified atom stereocenters. The van der Waals surface area contributed by atoms with Gasteiger partial charge in [-0.2, -0.15) is 0 Å². The molecule has 0 aromatic rings. The Labute approximate surface area is 607 Å². The second kappa shape index (κ2) is 71.7. The first-order valence-corrected chi connectivity index (χ1v) is 44.5. The van der Waals surface area contributed by atoms with Crippen LogP contribution in [0.4, 0.5) is 0 Å². The summed E-state index contributed by atoms with van der Waals surface area (Å²) in [5.74, 6) is -0.559. The number of phosphoric ester groups is 2. The highest BCUT2D eigenvalue weighted by Gasteiger charge is 2.30. The number of aliphatic hydroxyl groups excluding tert-OH is 1. The average Bonchev–Trinajstić information content (AvgIpc) is 1.41. The number of carbonyl (C=O) groups is 4. The fraction of sp³-hybridized carbons (Fsp3) is 0.950. The maximum Gasteiger partial charge on any atom is 0.472 e. The zero-order valence-electron chi connectivity index (χ0n) is 64.8. The van der Waals surface area contributed by atoms with Crippen molar-refractivity contribution in [3.63, 3.8) is 0 Å². The second-order valence-electron chi connectivity index (χ2n) is 29.8. The predicted octanol–water partition coefficient (Wildman–Crippen LogP) is 23.9. The van der Waals surface area contributed by atoms with Gasteiger partial charge in [-0.15, -0.1) is 0 Å². The Morgan fingerprint density at radius 1 is 0.273 bits per heavy atom. The van der Waals surface area contributed by atoms with Crippen LogP contribution in [-0.4, -0.2) is 96.7 Å². The normalized spacial score (nSPS) is 13.9. The minimum Gasteiger partial charge on any atom is -0.462 e. The molecule has 0 spiro atoms. The minimum atomic E-state index is -4.96. The van der Waals surface area contributed by atoms with Crippen LogP contribution in [0.15, 0.2) is 0 Å². The molecule has 0 aliphatic carbocycles. The molecule has 0 bridgehead atoms. The lowest BCUT2D eigenvalue weighted by molar-refractivity contribution is -0.161. The summed E-state index contributed by atoms with van der Waals surface area (Å²) >= 11 is 0. The fourth-order valence-electron chi connectivity index (χ4n) is 12.4. The molecule has 0 heterocycles. The van der Waals surface area contributed by atoms with Crippen LogP contribution >= 0.6 is 15.6 Å². The number of hydrogen-bond acceptors (Lipinski definition) is 15. The van der Waals surface area contributed by atoms with Crippen molar-refractivity contribution in [3.05, 3.63) is 0 Å². The summed E-state index contributed by atoms with van der Waals surface area (Å²) in [6.45, 7) is 9.55. The third-order valence-electron chi connectivity index (χ3n) is 18.7. The van der Waals surface area contributed by atoms with Crippen molar-refractivity contribution in [3.8, 4) is 0 Å². The maximum absolute atomic E-state index is 13.1. The van der Waals surface area contributed by atoms with Gasteiger partial charge in [-0.1, -0.05) is 369 Å². The van der Waals surface area contributed by atoms with E-state index < -0.39 is 97.5 Å². The molecule has 0 radical (unpaired) electrons. The van der Waals surface area contributed by atoms with E-state index in [9.17, 15) is 43.2 Å². The lowest BCUT2D eigenvalue weighted by atomic mass is 10.0. The molecule has 19 heteroatoms. The van der Waals surface area contributed by atoms with Gasteiger partial charge in [0.15, 0.2) is 12.2 Å². The third kappa shape index (κ3) is 74.1. The van der Waals surface area contributed by atoms with Gasteiger partial charge in [0, 0.05) is 25.7 Å². The third-order valence-corrected chi connectivity index (χ3v) is 20.6. The van der Waals surface area contributed by atoms with Gasteiger partial charge in [0.2, 0.25) is 0 Å². The summed E-state index contributed by atoms with van der Waals surface area (Å²) < 4.78 is 68.4. The van der Waals surface area contributed by atoms with E-state index in [4.69, 9.17) is 37.0 Å². The molecule has 0 saturated carbocycles. The Bertz CT molecular complexity index is 1910. The SMILES string of the molecule is CCCCCCCCCCCCCCCCCCCCCCCCC(=O)O[C@H](COC(=O)CCCCCCCCCCCCCCCCCCC(C)C)COP(=O)(O)OC[C@@H](O)COP(=O)(O)OC[C@@H](COC(=O)CCCCCCC)OC(=O)CCCCCCCCCCCCC(C)C. The fourth-order valence-corrected chi connectivity index (χ4v) is 13.9. The number of unbranched alkanes of at least 4 members (excludes halogenated alkanes) is 49. The lowest BCUT2D eigenvalue weighted by Gasteiger charge is -2.21. The number of ether oxygens (including phenoxy) is 4. The smallest absolute Gasteiger partial charge is 0.462 e. The first-order chi connectivity index (χ1) is 47.9. The summed E-state index contributed by atoms with van der Waals surface area (Å²) in [6, 6.07) is 0. The highest BCUT2D eigenvalue weighted by molar-refractivity contribution is 7.47. The lowest BCUT2D eigenvalue weighted by Crippen LogP contribution is -2.30. The summed E-state index contributed by atoms with van der Waals surface area (Å²) in [5.41, 5.74) is 0. The molecule has 99 heavy (non-hydrogen) atoms. The van der Waals surface area contributed by atoms with Crippen LogP contribution in [-0.2, 0) is 65.4 Å². The second-order valence-corrected chi connectivity index (χ2v) is 32.7. The summed E-state index contributed by atoms with van der Waals surface area (Å²) in [7, 11) is -9.91. The Morgan fingerprint density at radius 2 is 0.465 bits per heavy atom. The van der Waals surface area contributed by atoms with Crippen molar-refractivity contribution in [2.75, 3.05) is 39.6 Å². The van der Waals surface area contributed by atoms with Crippen LogP contribution in [0.5, 0.6) is 0 Å². The van der Waals surface area contributed by atoms with E-state index in [0.717, 1.165) is 108 Å². The van der Waals surface area contributed by atoms with Gasteiger partial charge in [-0.05, 0) is 37.5 Å². The molecule has 0 aliphatic heterocycles. The first-order valence-electron chi connectivity index (χ1n) is 41.5. The van der Waals surface area contributed by atoms with Gasteiger partial charge < -0.3 is 33.8 Å². The van der Waals surface area contributed by atoms with Crippen LogP contribution in [0.2, 0.25) is 0 Å². The monoisotopic (exact) mass is 1450 g/mol. The van der Waals surface area contributed by atoms with E-state index in [0.29, 0.717) is 25.7 Å². The molecular weight excluding hydrogens is 1290 g/mol. The standard InChI is InChI=1S/C80H156O17P2/c1-7-9-11-13-14-15-16-17-18-19-20-21-22-23-24-29-32-35-41-46-52-58-64-80(85)97-76(69-91-78(83)63-57-51-45-40-34-31-28-26-25-27-30-33-38-43-49-54-60-72(3)4)71-95-99(88,89)93-67-74(81)66-92-98(86,87)94-70-75(68-90-77(82)62-56-48-12-10-8-2)96-79(84)65-59-53-47-42-37-36-39-44-50-55-61-73(5)6/h72-76,81H,7-71H2,1-6H3,(H,86,87)(H,88,89)/t74-,75+,76+/m0/s1. The summed E-state index contributed by atoms with van der Waals surface area (Å²) in [6.07, 6.45) is 61.7.